The molecular formula is C10H17N3O2. The van der Waals surface area contributed by atoms with Gasteiger partial charge in [0.25, 0.3) is 0 Å². The average Bonchev–Trinajstić information content (AvgIpc) is 2.87. The Kier molecular flexibility index (Phi) is 3.69. The third-order valence-corrected chi connectivity index (χ3v) is 2.47. The first-order valence-corrected chi connectivity index (χ1v) is 5.55. The third-order valence-electron chi connectivity index (χ3n) is 2.47. The summed E-state index contributed by atoms with van der Waals surface area (Å²) in [6, 6.07) is 0. The topological polar surface area (TPSA) is 60.2 Å². The van der Waals surface area contributed by atoms with Crippen LogP contribution in [0, 0.1) is 0 Å². The van der Waals surface area contributed by atoms with E-state index in [9.17, 15) is 0 Å². The number of hydrogen-bond acceptors (Lipinski definition) is 5. The molecule has 84 valence electrons. The number of nitrogens with zero attached hydrogens (tertiary/aromatic N) is 2. The highest BCUT2D eigenvalue weighted by Crippen LogP contribution is 2.25. The zero-order chi connectivity index (χ0) is 10.5. The van der Waals surface area contributed by atoms with Crippen molar-refractivity contribution in [1.82, 2.24) is 15.5 Å². The standard InChI is InChI=1S/C10H17N3O2/c1-2-11-6-5-9-12-10(13-15-9)8-4-3-7-14-8/h8,11H,2-7H2,1H3. The van der Waals surface area contributed by atoms with Gasteiger partial charge in [0, 0.05) is 19.6 Å². The van der Waals surface area contributed by atoms with Gasteiger partial charge in [-0.15, -0.1) is 0 Å². The average molecular weight is 211 g/mol. The lowest BCUT2D eigenvalue weighted by Gasteiger charge is -2.00. The van der Waals surface area contributed by atoms with E-state index < -0.39 is 0 Å². The van der Waals surface area contributed by atoms with Gasteiger partial charge >= 0.3 is 0 Å². The Morgan fingerprint density at radius 3 is 3.20 bits per heavy atom. The maximum atomic E-state index is 5.48. The number of nitrogens with one attached hydrogen (secondary N) is 1. The quantitative estimate of drug-likeness (QED) is 0.738. The van der Waals surface area contributed by atoms with Crippen LogP contribution >= 0.6 is 0 Å². The summed E-state index contributed by atoms with van der Waals surface area (Å²) in [5.74, 6) is 1.40. The fourth-order valence-corrected chi connectivity index (χ4v) is 1.65. The van der Waals surface area contributed by atoms with Crippen LogP contribution in [0.15, 0.2) is 4.52 Å². The predicted octanol–water partition coefficient (Wildman–Crippen LogP) is 1.07. The predicted molar refractivity (Wildman–Crippen MR) is 54.5 cm³/mol. The van der Waals surface area contributed by atoms with E-state index in [1.807, 2.05) is 0 Å². The number of rotatable bonds is 5. The molecule has 0 spiro atoms. The molecule has 5 nitrogen and oxygen atoms in total. The van der Waals surface area contributed by atoms with Gasteiger partial charge in [0.1, 0.15) is 6.10 Å². The summed E-state index contributed by atoms with van der Waals surface area (Å²) in [5, 5.41) is 7.15. The van der Waals surface area contributed by atoms with E-state index in [1.54, 1.807) is 0 Å². The number of likely N-dealkylation sites (N-methyl/N-ethyl adjacent to an activating group) is 1. The molecular weight excluding hydrogens is 194 g/mol. The van der Waals surface area contributed by atoms with E-state index in [4.69, 9.17) is 9.26 Å². The van der Waals surface area contributed by atoms with Gasteiger partial charge in [-0.2, -0.15) is 4.98 Å². The molecule has 1 aliphatic rings. The highest BCUT2D eigenvalue weighted by atomic mass is 16.5. The Balaban J connectivity index is 1.86. The summed E-state index contributed by atoms with van der Waals surface area (Å²) in [6.07, 6.45) is 2.94. The van der Waals surface area contributed by atoms with Crippen LogP contribution in [0.2, 0.25) is 0 Å². The van der Waals surface area contributed by atoms with Crippen LogP contribution in [0.3, 0.4) is 0 Å². The molecule has 1 aliphatic heterocycles. The molecule has 0 bridgehead atoms. The van der Waals surface area contributed by atoms with Crippen molar-refractivity contribution in [2.45, 2.75) is 32.3 Å². The molecule has 0 saturated carbocycles. The van der Waals surface area contributed by atoms with Crippen LogP contribution in [0.4, 0.5) is 0 Å². The van der Waals surface area contributed by atoms with Crippen LogP contribution in [-0.4, -0.2) is 29.8 Å². The molecule has 1 unspecified atom stereocenters. The normalized spacial score (nSPS) is 21.0. The zero-order valence-corrected chi connectivity index (χ0v) is 9.03. The van der Waals surface area contributed by atoms with Crippen molar-refractivity contribution in [1.29, 1.82) is 0 Å². The highest BCUT2D eigenvalue weighted by molar-refractivity contribution is 4.93. The first-order chi connectivity index (χ1) is 7.40. The molecule has 1 atom stereocenters. The molecule has 0 radical (unpaired) electrons. The van der Waals surface area contributed by atoms with E-state index in [0.717, 1.165) is 39.0 Å². The molecule has 1 aromatic heterocycles. The fourth-order valence-electron chi connectivity index (χ4n) is 1.65. The van der Waals surface area contributed by atoms with Gasteiger partial charge in [-0.25, -0.2) is 0 Å². The molecule has 0 amide bonds. The van der Waals surface area contributed by atoms with E-state index in [2.05, 4.69) is 22.4 Å². The van der Waals surface area contributed by atoms with Gasteiger partial charge < -0.3 is 14.6 Å². The second-order valence-electron chi connectivity index (χ2n) is 3.65. The van der Waals surface area contributed by atoms with Crippen LogP contribution < -0.4 is 5.32 Å². The minimum Gasteiger partial charge on any atom is -0.370 e. The highest BCUT2D eigenvalue weighted by Gasteiger charge is 2.22. The molecule has 2 rings (SSSR count). The van der Waals surface area contributed by atoms with Crippen LogP contribution in [0.25, 0.3) is 0 Å². The molecule has 1 saturated heterocycles. The first-order valence-electron chi connectivity index (χ1n) is 5.55. The number of hydrogen-bond donors (Lipinski definition) is 1. The summed E-state index contributed by atoms with van der Waals surface area (Å²) in [4.78, 5) is 4.32. The Morgan fingerprint density at radius 1 is 1.53 bits per heavy atom. The second-order valence-corrected chi connectivity index (χ2v) is 3.65. The number of aromatic nitrogens is 2. The van der Waals surface area contributed by atoms with Crippen LogP contribution in [-0.2, 0) is 11.2 Å². The molecule has 2 heterocycles. The molecule has 1 aromatic rings. The zero-order valence-electron chi connectivity index (χ0n) is 9.03. The summed E-state index contributed by atoms with van der Waals surface area (Å²) in [7, 11) is 0. The lowest BCUT2D eigenvalue weighted by atomic mass is 10.2. The fraction of sp³-hybridized carbons (Fsp3) is 0.800. The third kappa shape index (κ3) is 2.76. The van der Waals surface area contributed by atoms with Crippen molar-refractivity contribution in [2.24, 2.45) is 0 Å². The molecule has 5 heteroatoms. The monoisotopic (exact) mass is 211 g/mol. The molecule has 0 aliphatic carbocycles. The Labute approximate surface area is 89.2 Å². The van der Waals surface area contributed by atoms with Crippen LogP contribution in [0.5, 0.6) is 0 Å². The van der Waals surface area contributed by atoms with E-state index in [-0.39, 0.29) is 6.10 Å². The Hall–Kier alpha value is -0.940. The van der Waals surface area contributed by atoms with Crippen molar-refractivity contribution in [3.8, 4) is 0 Å². The van der Waals surface area contributed by atoms with Gasteiger partial charge in [-0.1, -0.05) is 12.1 Å². The second kappa shape index (κ2) is 5.23. The summed E-state index contributed by atoms with van der Waals surface area (Å²) in [6.45, 7) is 4.73. The van der Waals surface area contributed by atoms with Crippen molar-refractivity contribution in [2.75, 3.05) is 19.7 Å². The molecule has 1 fully saturated rings. The number of ether oxygens (including phenoxy) is 1. The van der Waals surface area contributed by atoms with Gasteiger partial charge in [0.15, 0.2) is 0 Å². The Bertz CT molecular complexity index is 295. The SMILES string of the molecule is CCNCCc1nc(C2CCCO2)no1. The van der Waals surface area contributed by atoms with Crippen molar-refractivity contribution >= 4 is 0 Å². The summed E-state index contributed by atoms with van der Waals surface area (Å²) >= 11 is 0. The maximum absolute atomic E-state index is 5.48. The van der Waals surface area contributed by atoms with E-state index in [1.165, 1.54) is 0 Å². The molecule has 15 heavy (non-hydrogen) atoms. The van der Waals surface area contributed by atoms with Crippen LogP contribution in [0.1, 0.15) is 37.6 Å². The van der Waals surface area contributed by atoms with Gasteiger partial charge in [0.05, 0.1) is 0 Å². The largest absolute Gasteiger partial charge is 0.370 e. The van der Waals surface area contributed by atoms with Crippen molar-refractivity contribution in [3.63, 3.8) is 0 Å². The van der Waals surface area contributed by atoms with Gasteiger partial charge in [0.2, 0.25) is 11.7 Å². The Morgan fingerprint density at radius 2 is 2.47 bits per heavy atom. The van der Waals surface area contributed by atoms with Gasteiger partial charge in [-0.05, 0) is 19.4 Å². The van der Waals surface area contributed by atoms with Crippen molar-refractivity contribution < 1.29 is 9.26 Å². The van der Waals surface area contributed by atoms with E-state index >= 15 is 0 Å². The molecule has 1 N–H and O–H groups in total. The van der Waals surface area contributed by atoms with Crippen molar-refractivity contribution in [3.05, 3.63) is 11.7 Å². The maximum Gasteiger partial charge on any atom is 0.228 e. The minimum atomic E-state index is 0.0571. The summed E-state index contributed by atoms with van der Waals surface area (Å²) in [5.41, 5.74) is 0. The van der Waals surface area contributed by atoms with E-state index in [0.29, 0.717) is 11.7 Å². The summed E-state index contributed by atoms with van der Waals surface area (Å²) < 4.78 is 10.6. The van der Waals surface area contributed by atoms with Gasteiger partial charge in [-0.3, -0.25) is 0 Å². The lowest BCUT2D eigenvalue weighted by molar-refractivity contribution is 0.103. The first kappa shape index (κ1) is 10.6. The lowest BCUT2D eigenvalue weighted by Crippen LogP contribution is -2.16. The smallest absolute Gasteiger partial charge is 0.228 e. The minimum absolute atomic E-state index is 0.0571. The molecule has 0 aromatic carbocycles.